The number of ether oxygens (including phenoxy) is 2. The SMILES string of the molecule is CCN(Nc1ccc(OC)cc1)C(=O)C(COCc1ccccc1)NC(=O)c1cccc(C)c1. The van der Waals surface area contributed by atoms with E-state index in [4.69, 9.17) is 9.47 Å². The Morgan fingerprint density at radius 2 is 1.71 bits per heavy atom. The van der Waals surface area contributed by atoms with Gasteiger partial charge in [-0.15, -0.1) is 0 Å². The molecule has 3 aromatic rings. The van der Waals surface area contributed by atoms with Crippen LogP contribution in [0.2, 0.25) is 0 Å². The number of hydrogen-bond acceptors (Lipinski definition) is 5. The number of anilines is 1. The van der Waals surface area contributed by atoms with Crippen molar-refractivity contribution in [2.24, 2.45) is 0 Å². The first-order chi connectivity index (χ1) is 16.5. The van der Waals surface area contributed by atoms with E-state index in [1.54, 1.807) is 31.4 Å². The van der Waals surface area contributed by atoms with E-state index in [9.17, 15) is 9.59 Å². The molecule has 3 aromatic carbocycles. The molecule has 2 N–H and O–H groups in total. The van der Waals surface area contributed by atoms with Crippen LogP contribution in [-0.4, -0.2) is 43.1 Å². The van der Waals surface area contributed by atoms with Gasteiger partial charge in [0.25, 0.3) is 11.8 Å². The maximum Gasteiger partial charge on any atom is 0.265 e. The van der Waals surface area contributed by atoms with E-state index in [-0.39, 0.29) is 18.4 Å². The molecule has 0 aromatic heterocycles. The van der Waals surface area contributed by atoms with Gasteiger partial charge in [0.1, 0.15) is 11.8 Å². The third-order valence-electron chi connectivity index (χ3n) is 5.22. The van der Waals surface area contributed by atoms with E-state index < -0.39 is 6.04 Å². The monoisotopic (exact) mass is 461 g/mol. The number of nitrogens with zero attached hydrogens (tertiary/aromatic N) is 1. The van der Waals surface area contributed by atoms with Crippen molar-refractivity contribution < 1.29 is 19.1 Å². The molecule has 0 saturated heterocycles. The molecule has 0 aliphatic heterocycles. The molecule has 7 nitrogen and oxygen atoms in total. The summed E-state index contributed by atoms with van der Waals surface area (Å²) in [7, 11) is 1.60. The molecule has 3 rings (SSSR count). The molecular formula is C27H31N3O4. The Bertz CT molecular complexity index is 1070. The van der Waals surface area contributed by atoms with Gasteiger partial charge >= 0.3 is 0 Å². The molecule has 1 unspecified atom stereocenters. The van der Waals surface area contributed by atoms with Crippen molar-refractivity contribution >= 4 is 17.5 Å². The van der Waals surface area contributed by atoms with Crippen molar-refractivity contribution in [1.29, 1.82) is 0 Å². The second-order valence-corrected chi connectivity index (χ2v) is 7.82. The Kier molecular flexibility index (Phi) is 9.05. The number of methoxy groups -OCH3 is 1. The summed E-state index contributed by atoms with van der Waals surface area (Å²) < 4.78 is 11.0. The minimum Gasteiger partial charge on any atom is -0.497 e. The minimum absolute atomic E-state index is 0.0338. The predicted molar refractivity (Wildman–Crippen MR) is 133 cm³/mol. The summed E-state index contributed by atoms with van der Waals surface area (Å²) in [6, 6.07) is 23.3. The lowest BCUT2D eigenvalue weighted by molar-refractivity contribution is -0.133. The standard InChI is InChI=1S/C27H31N3O4/c1-4-30(29-23-13-15-24(33-3)16-14-23)27(32)25(19-34-18-21-10-6-5-7-11-21)28-26(31)22-12-8-9-20(2)17-22/h5-17,25,29H,4,18-19H2,1-3H3,(H,28,31). The third-order valence-corrected chi connectivity index (χ3v) is 5.22. The van der Waals surface area contributed by atoms with E-state index in [0.29, 0.717) is 18.7 Å². The fourth-order valence-electron chi connectivity index (χ4n) is 3.37. The van der Waals surface area contributed by atoms with Crippen LogP contribution in [-0.2, 0) is 16.1 Å². The minimum atomic E-state index is -0.873. The zero-order chi connectivity index (χ0) is 24.3. The fourth-order valence-corrected chi connectivity index (χ4v) is 3.37. The first kappa shape index (κ1) is 24.8. The molecule has 0 aliphatic rings. The first-order valence-electron chi connectivity index (χ1n) is 11.2. The van der Waals surface area contributed by atoms with Crippen molar-refractivity contribution in [2.45, 2.75) is 26.5 Å². The molecule has 34 heavy (non-hydrogen) atoms. The average molecular weight is 462 g/mol. The van der Waals surface area contributed by atoms with Crippen LogP contribution in [0.25, 0.3) is 0 Å². The second-order valence-electron chi connectivity index (χ2n) is 7.82. The summed E-state index contributed by atoms with van der Waals surface area (Å²) in [6.45, 7) is 4.54. The molecule has 0 saturated carbocycles. The lowest BCUT2D eigenvalue weighted by Crippen LogP contribution is -2.52. The summed E-state index contributed by atoms with van der Waals surface area (Å²) >= 11 is 0. The van der Waals surface area contributed by atoms with E-state index >= 15 is 0 Å². The van der Waals surface area contributed by atoms with Gasteiger partial charge in [-0.3, -0.25) is 20.0 Å². The van der Waals surface area contributed by atoms with E-state index in [1.807, 2.05) is 68.4 Å². The van der Waals surface area contributed by atoms with Crippen molar-refractivity contribution in [2.75, 3.05) is 25.7 Å². The van der Waals surface area contributed by atoms with Crippen LogP contribution < -0.4 is 15.5 Å². The Morgan fingerprint density at radius 1 is 0.971 bits per heavy atom. The van der Waals surface area contributed by atoms with Crippen molar-refractivity contribution in [1.82, 2.24) is 10.3 Å². The molecule has 2 amide bonds. The van der Waals surface area contributed by atoms with Crippen LogP contribution in [0.3, 0.4) is 0 Å². The summed E-state index contributed by atoms with van der Waals surface area (Å²) in [5.74, 6) is 0.0933. The zero-order valence-electron chi connectivity index (χ0n) is 19.8. The first-order valence-corrected chi connectivity index (χ1v) is 11.2. The van der Waals surface area contributed by atoms with E-state index in [0.717, 1.165) is 22.6 Å². The van der Waals surface area contributed by atoms with Crippen LogP contribution in [0.15, 0.2) is 78.9 Å². The number of rotatable bonds is 11. The quantitative estimate of drug-likeness (QED) is 0.419. The molecular weight excluding hydrogens is 430 g/mol. The summed E-state index contributed by atoms with van der Waals surface area (Å²) in [6.07, 6.45) is 0. The Balaban J connectivity index is 1.73. The Morgan fingerprint density at radius 3 is 2.35 bits per heavy atom. The smallest absolute Gasteiger partial charge is 0.265 e. The Labute approximate surface area is 200 Å². The van der Waals surface area contributed by atoms with Crippen molar-refractivity contribution in [3.63, 3.8) is 0 Å². The van der Waals surface area contributed by atoms with Gasteiger partial charge in [0.2, 0.25) is 0 Å². The predicted octanol–water partition coefficient (Wildman–Crippen LogP) is 4.19. The van der Waals surface area contributed by atoms with Gasteiger partial charge in [-0.05, 0) is 55.8 Å². The molecule has 0 radical (unpaired) electrons. The second kappa shape index (κ2) is 12.4. The van der Waals surface area contributed by atoms with Crippen molar-refractivity contribution in [3.05, 3.63) is 95.6 Å². The van der Waals surface area contributed by atoms with Gasteiger partial charge in [-0.1, -0.05) is 48.0 Å². The number of hydrazine groups is 1. The number of carbonyl (C=O) groups excluding carboxylic acids is 2. The molecule has 0 spiro atoms. The fraction of sp³-hybridized carbons (Fsp3) is 0.259. The summed E-state index contributed by atoms with van der Waals surface area (Å²) in [5, 5.41) is 4.32. The molecule has 0 aliphatic carbocycles. The van der Waals surface area contributed by atoms with Gasteiger partial charge in [0, 0.05) is 12.1 Å². The maximum absolute atomic E-state index is 13.4. The number of benzene rings is 3. The number of hydrogen-bond donors (Lipinski definition) is 2. The lowest BCUT2D eigenvalue weighted by Gasteiger charge is -2.28. The highest BCUT2D eigenvalue weighted by Crippen LogP contribution is 2.16. The number of aryl methyl sites for hydroxylation is 1. The van der Waals surface area contributed by atoms with Gasteiger partial charge in [-0.25, -0.2) is 0 Å². The summed E-state index contributed by atoms with van der Waals surface area (Å²) in [5.41, 5.74) is 6.28. The van der Waals surface area contributed by atoms with Crippen LogP contribution >= 0.6 is 0 Å². The van der Waals surface area contributed by atoms with Gasteiger partial charge in [-0.2, -0.15) is 0 Å². The summed E-state index contributed by atoms with van der Waals surface area (Å²) in [4.78, 5) is 26.3. The van der Waals surface area contributed by atoms with E-state index in [2.05, 4.69) is 10.7 Å². The normalized spacial score (nSPS) is 11.4. The lowest BCUT2D eigenvalue weighted by atomic mass is 10.1. The number of likely N-dealkylation sites (N-methyl/N-ethyl adjacent to an activating group) is 1. The largest absolute Gasteiger partial charge is 0.497 e. The van der Waals surface area contributed by atoms with E-state index in [1.165, 1.54) is 5.01 Å². The number of amides is 2. The molecule has 0 fully saturated rings. The maximum atomic E-state index is 13.4. The van der Waals surface area contributed by atoms with Gasteiger partial charge < -0.3 is 14.8 Å². The molecule has 0 heterocycles. The molecule has 0 bridgehead atoms. The number of carbonyl (C=O) groups is 2. The highest BCUT2D eigenvalue weighted by molar-refractivity contribution is 5.97. The zero-order valence-corrected chi connectivity index (χ0v) is 19.8. The molecule has 178 valence electrons. The van der Waals surface area contributed by atoms with Crippen molar-refractivity contribution in [3.8, 4) is 5.75 Å². The topological polar surface area (TPSA) is 79.9 Å². The van der Waals surface area contributed by atoms with Crippen LogP contribution in [0, 0.1) is 6.92 Å². The Hall–Kier alpha value is -3.84. The molecule has 1 atom stereocenters. The third kappa shape index (κ3) is 7.08. The number of nitrogens with one attached hydrogen (secondary N) is 2. The highest BCUT2D eigenvalue weighted by atomic mass is 16.5. The molecule has 7 heteroatoms. The van der Waals surface area contributed by atoms with Gasteiger partial charge in [0.05, 0.1) is 26.0 Å². The van der Waals surface area contributed by atoms with Crippen LogP contribution in [0.1, 0.15) is 28.4 Å². The van der Waals surface area contributed by atoms with Crippen LogP contribution in [0.5, 0.6) is 5.75 Å². The average Bonchev–Trinajstić information content (AvgIpc) is 2.87. The van der Waals surface area contributed by atoms with Gasteiger partial charge in [0.15, 0.2) is 0 Å². The highest BCUT2D eigenvalue weighted by Gasteiger charge is 2.26. The van der Waals surface area contributed by atoms with Crippen LogP contribution in [0.4, 0.5) is 5.69 Å².